The van der Waals surface area contributed by atoms with Crippen LogP contribution in [0.15, 0.2) is 42.5 Å². The van der Waals surface area contributed by atoms with E-state index < -0.39 is 17.4 Å². The zero-order chi connectivity index (χ0) is 23.1. The van der Waals surface area contributed by atoms with Gasteiger partial charge in [-0.1, -0.05) is 19.1 Å². The van der Waals surface area contributed by atoms with Crippen LogP contribution < -0.4 is 19.5 Å². The smallest absolute Gasteiger partial charge is 0.329 e. The van der Waals surface area contributed by atoms with E-state index >= 15 is 0 Å². The van der Waals surface area contributed by atoms with E-state index in [0.29, 0.717) is 48.8 Å². The van der Waals surface area contributed by atoms with Crippen LogP contribution in [0.1, 0.15) is 48.5 Å². The fourth-order valence-corrected chi connectivity index (χ4v) is 3.94. The second-order valence-corrected chi connectivity index (χ2v) is 8.34. The van der Waals surface area contributed by atoms with Crippen LogP contribution in [0.4, 0.5) is 0 Å². The minimum atomic E-state index is -1.22. The molecule has 0 unspecified atom stereocenters. The summed E-state index contributed by atoms with van der Waals surface area (Å²) >= 11 is 0. The van der Waals surface area contributed by atoms with Crippen molar-refractivity contribution in [2.75, 3.05) is 20.8 Å². The lowest BCUT2D eigenvalue weighted by atomic mass is 9.77. The molecule has 0 aromatic heterocycles. The molecule has 7 nitrogen and oxygen atoms in total. The van der Waals surface area contributed by atoms with Crippen LogP contribution in [0.5, 0.6) is 17.2 Å². The Balaban J connectivity index is 1.68. The standard InChI is InChI=1S/C25H31NO6/c1-17-10-13-25(14-11-17,24(28)29)26-23(27)19-6-9-21(31-3)22(16-19)32-15-12-18-4-7-20(30-2)8-5-18/h4-9,16-17H,10-15H2,1-3H3,(H,26,27)(H,28,29). The third kappa shape index (κ3) is 5.52. The fraction of sp³-hybridized carbons (Fsp3) is 0.440. The molecule has 1 fully saturated rings. The molecule has 0 radical (unpaired) electrons. The van der Waals surface area contributed by atoms with E-state index in [2.05, 4.69) is 12.2 Å². The van der Waals surface area contributed by atoms with Crippen molar-refractivity contribution in [1.29, 1.82) is 0 Å². The van der Waals surface area contributed by atoms with Crippen LogP contribution in [-0.4, -0.2) is 43.3 Å². The van der Waals surface area contributed by atoms with Gasteiger partial charge in [0.15, 0.2) is 11.5 Å². The molecule has 0 bridgehead atoms. The van der Waals surface area contributed by atoms with E-state index in [4.69, 9.17) is 14.2 Å². The Morgan fingerprint density at radius 1 is 1.03 bits per heavy atom. The van der Waals surface area contributed by atoms with Crippen molar-refractivity contribution in [1.82, 2.24) is 5.32 Å². The average molecular weight is 442 g/mol. The Morgan fingerprint density at radius 3 is 2.31 bits per heavy atom. The van der Waals surface area contributed by atoms with Gasteiger partial charge in [-0.25, -0.2) is 4.79 Å². The van der Waals surface area contributed by atoms with Crippen molar-refractivity contribution in [3.8, 4) is 17.2 Å². The third-order valence-electron chi connectivity index (χ3n) is 6.12. The van der Waals surface area contributed by atoms with Gasteiger partial charge in [0.25, 0.3) is 5.91 Å². The summed E-state index contributed by atoms with van der Waals surface area (Å²) in [6, 6.07) is 12.6. The van der Waals surface area contributed by atoms with E-state index in [1.54, 1.807) is 25.3 Å². The van der Waals surface area contributed by atoms with Crippen molar-refractivity contribution >= 4 is 11.9 Å². The minimum Gasteiger partial charge on any atom is -0.497 e. The molecular weight excluding hydrogens is 410 g/mol. The topological polar surface area (TPSA) is 94.1 Å². The number of carboxylic acid groups (broad SMARTS) is 1. The first kappa shape index (κ1) is 23.4. The lowest BCUT2D eigenvalue weighted by Crippen LogP contribution is -2.56. The predicted molar refractivity (Wildman–Crippen MR) is 121 cm³/mol. The SMILES string of the molecule is COc1ccc(CCOc2cc(C(=O)NC3(C(=O)O)CCC(C)CC3)ccc2OC)cc1. The molecule has 1 aliphatic rings. The number of hydrogen-bond donors (Lipinski definition) is 2. The summed E-state index contributed by atoms with van der Waals surface area (Å²) in [7, 11) is 3.16. The number of rotatable bonds is 9. The molecule has 3 rings (SSSR count). The second kappa shape index (κ2) is 10.4. The second-order valence-electron chi connectivity index (χ2n) is 8.34. The van der Waals surface area contributed by atoms with Crippen LogP contribution in [0.2, 0.25) is 0 Å². The quantitative estimate of drug-likeness (QED) is 0.609. The molecule has 0 atom stereocenters. The molecule has 2 N–H and O–H groups in total. The molecule has 32 heavy (non-hydrogen) atoms. The molecule has 1 aliphatic carbocycles. The van der Waals surface area contributed by atoms with Gasteiger partial charge in [-0.05, 0) is 67.5 Å². The summed E-state index contributed by atoms with van der Waals surface area (Å²) in [5.74, 6) is 0.797. The Labute approximate surface area is 188 Å². The number of amides is 1. The van der Waals surface area contributed by atoms with E-state index in [1.807, 2.05) is 24.3 Å². The van der Waals surface area contributed by atoms with Gasteiger partial charge in [0.2, 0.25) is 0 Å². The maximum atomic E-state index is 12.9. The van der Waals surface area contributed by atoms with Gasteiger partial charge in [0.1, 0.15) is 11.3 Å². The van der Waals surface area contributed by atoms with E-state index in [0.717, 1.165) is 24.2 Å². The number of benzene rings is 2. The van der Waals surface area contributed by atoms with E-state index in [-0.39, 0.29) is 0 Å². The number of methoxy groups -OCH3 is 2. The molecule has 1 saturated carbocycles. The first-order valence-electron chi connectivity index (χ1n) is 10.9. The fourth-order valence-electron chi connectivity index (χ4n) is 3.94. The number of ether oxygens (including phenoxy) is 3. The first-order chi connectivity index (χ1) is 15.4. The normalized spacial score (nSPS) is 20.3. The molecule has 7 heteroatoms. The van der Waals surface area contributed by atoms with Crippen LogP contribution in [0, 0.1) is 5.92 Å². The van der Waals surface area contributed by atoms with Gasteiger partial charge in [0, 0.05) is 12.0 Å². The lowest BCUT2D eigenvalue weighted by molar-refractivity contribution is -0.146. The van der Waals surface area contributed by atoms with Crippen LogP contribution >= 0.6 is 0 Å². The first-order valence-corrected chi connectivity index (χ1v) is 10.9. The highest BCUT2D eigenvalue weighted by Crippen LogP contribution is 2.33. The molecule has 0 spiro atoms. The summed E-state index contributed by atoms with van der Waals surface area (Å²) < 4.78 is 16.4. The summed E-state index contributed by atoms with van der Waals surface area (Å²) in [4.78, 5) is 24.9. The Bertz CT molecular complexity index is 932. The third-order valence-corrected chi connectivity index (χ3v) is 6.12. The maximum Gasteiger partial charge on any atom is 0.329 e. The minimum absolute atomic E-state index is 0.337. The number of carboxylic acids is 1. The van der Waals surface area contributed by atoms with Crippen molar-refractivity contribution in [2.45, 2.75) is 44.6 Å². The summed E-state index contributed by atoms with van der Waals surface area (Å²) in [5.41, 5.74) is 0.205. The molecule has 1 amide bonds. The Kier molecular flexibility index (Phi) is 7.62. The molecule has 2 aromatic rings. The highest BCUT2D eigenvalue weighted by molar-refractivity contribution is 5.98. The average Bonchev–Trinajstić information content (AvgIpc) is 2.81. The number of carbonyl (C=O) groups excluding carboxylic acids is 1. The van der Waals surface area contributed by atoms with Crippen molar-refractivity contribution in [3.05, 3.63) is 53.6 Å². The Morgan fingerprint density at radius 2 is 1.72 bits per heavy atom. The molecule has 0 saturated heterocycles. The number of carbonyl (C=O) groups is 2. The van der Waals surface area contributed by atoms with Crippen LogP contribution in [0.3, 0.4) is 0 Å². The van der Waals surface area contributed by atoms with Gasteiger partial charge in [-0.3, -0.25) is 4.79 Å². The highest BCUT2D eigenvalue weighted by Gasteiger charge is 2.42. The largest absolute Gasteiger partial charge is 0.497 e. The van der Waals surface area contributed by atoms with Crippen molar-refractivity contribution < 1.29 is 28.9 Å². The predicted octanol–water partition coefficient (Wildman–Crippen LogP) is 4.09. The molecule has 0 heterocycles. The molecule has 2 aromatic carbocycles. The molecular formula is C25H31NO6. The number of hydrogen-bond acceptors (Lipinski definition) is 5. The van der Waals surface area contributed by atoms with E-state index in [1.165, 1.54) is 7.11 Å². The Hall–Kier alpha value is -3.22. The summed E-state index contributed by atoms with van der Waals surface area (Å²) in [6.07, 6.45) is 3.07. The van der Waals surface area contributed by atoms with Crippen LogP contribution in [0.25, 0.3) is 0 Å². The van der Waals surface area contributed by atoms with Gasteiger partial charge < -0.3 is 24.6 Å². The van der Waals surface area contributed by atoms with Crippen molar-refractivity contribution in [2.24, 2.45) is 5.92 Å². The van der Waals surface area contributed by atoms with E-state index in [9.17, 15) is 14.7 Å². The zero-order valence-corrected chi connectivity index (χ0v) is 18.8. The van der Waals surface area contributed by atoms with Gasteiger partial charge >= 0.3 is 5.97 Å². The van der Waals surface area contributed by atoms with Crippen molar-refractivity contribution in [3.63, 3.8) is 0 Å². The van der Waals surface area contributed by atoms with Crippen LogP contribution in [-0.2, 0) is 11.2 Å². The number of nitrogens with one attached hydrogen (secondary N) is 1. The van der Waals surface area contributed by atoms with Gasteiger partial charge in [-0.2, -0.15) is 0 Å². The summed E-state index contributed by atoms with van der Waals surface area (Å²) in [6.45, 7) is 2.50. The monoisotopic (exact) mass is 441 g/mol. The zero-order valence-electron chi connectivity index (χ0n) is 18.8. The molecule has 172 valence electrons. The summed E-state index contributed by atoms with van der Waals surface area (Å²) in [5, 5.41) is 12.6. The molecule has 0 aliphatic heterocycles. The lowest BCUT2D eigenvalue weighted by Gasteiger charge is -2.36. The highest BCUT2D eigenvalue weighted by atomic mass is 16.5. The van der Waals surface area contributed by atoms with Gasteiger partial charge in [0.05, 0.1) is 20.8 Å². The maximum absolute atomic E-state index is 12.9. The van der Waals surface area contributed by atoms with Gasteiger partial charge in [-0.15, -0.1) is 0 Å². The number of aliphatic carboxylic acids is 1.